The molecule has 5 nitrogen and oxygen atoms in total. The third-order valence-electron chi connectivity index (χ3n) is 8.41. The summed E-state index contributed by atoms with van der Waals surface area (Å²) < 4.78 is 0. The molecule has 5 heteroatoms. The summed E-state index contributed by atoms with van der Waals surface area (Å²) in [6.45, 7) is 8.42. The lowest BCUT2D eigenvalue weighted by Crippen LogP contribution is -2.12. The van der Waals surface area contributed by atoms with Crippen molar-refractivity contribution in [2.24, 2.45) is 0 Å². The normalized spacial score (nSPS) is 11.2. The van der Waals surface area contributed by atoms with Gasteiger partial charge >= 0.3 is 0 Å². The van der Waals surface area contributed by atoms with E-state index in [-0.39, 0.29) is 5.41 Å². The summed E-state index contributed by atoms with van der Waals surface area (Å²) in [5, 5.41) is 24.4. The summed E-state index contributed by atoms with van der Waals surface area (Å²) in [6, 6.07) is 48.0. The number of nitrogens with one attached hydrogen (secondary N) is 4. The first-order chi connectivity index (χ1) is 23.2. The largest absolute Gasteiger partial charge is 0.507 e. The Labute approximate surface area is 284 Å². The Morgan fingerprint density at radius 3 is 1.15 bits per heavy atom. The van der Waals surface area contributed by atoms with Crippen LogP contribution in [-0.4, -0.2) is 5.11 Å². The molecule has 0 aromatic heterocycles. The van der Waals surface area contributed by atoms with Gasteiger partial charge in [-0.1, -0.05) is 63.2 Å². The van der Waals surface area contributed by atoms with Crippen molar-refractivity contribution < 1.29 is 5.11 Å². The Morgan fingerprint density at radius 1 is 0.438 bits per heavy atom. The lowest BCUT2D eigenvalue weighted by molar-refractivity contribution is 0.442. The topological polar surface area (TPSA) is 68.3 Å². The molecule has 0 unspecified atom stereocenters. The van der Waals surface area contributed by atoms with Crippen LogP contribution in [0.3, 0.4) is 0 Å². The molecule has 5 N–H and O–H groups in total. The van der Waals surface area contributed by atoms with Crippen molar-refractivity contribution in [1.29, 1.82) is 0 Å². The van der Waals surface area contributed by atoms with Gasteiger partial charge in [0.1, 0.15) is 5.75 Å². The SMILES string of the molecule is Cc1cc(CCc2ccc(Nc3ccc(Nc4ccc(Nc5ccc(Nc6ccccc6)cc5)cc4)cc3)cc2)cc(C(C)(C)C)c1O. The first kappa shape index (κ1) is 32.3. The molecule has 0 atom stereocenters. The summed E-state index contributed by atoms with van der Waals surface area (Å²) in [5.74, 6) is 0.420. The van der Waals surface area contributed by atoms with E-state index >= 15 is 0 Å². The van der Waals surface area contributed by atoms with Crippen molar-refractivity contribution in [1.82, 2.24) is 0 Å². The van der Waals surface area contributed by atoms with Gasteiger partial charge in [-0.25, -0.2) is 0 Å². The number of rotatable bonds is 11. The number of aromatic hydroxyl groups is 1. The number of hydrogen-bond acceptors (Lipinski definition) is 5. The van der Waals surface area contributed by atoms with Crippen molar-refractivity contribution in [3.63, 3.8) is 0 Å². The average Bonchev–Trinajstić information content (AvgIpc) is 3.08. The summed E-state index contributed by atoms with van der Waals surface area (Å²) in [7, 11) is 0. The van der Waals surface area contributed by atoms with E-state index in [0.717, 1.165) is 69.5 Å². The molecule has 0 aliphatic carbocycles. The summed E-state index contributed by atoms with van der Waals surface area (Å²) in [6.07, 6.45) is 1.89. The summed E-state index contributed by atoms with van der Waals surface area (Å²) in [4.78, 5) is 0. The molecule has 0 saturated carbocycles. The molecule has 0 aliphatic heterocycles. The predicted octanol–water partition coefficient (Wildman–Crippen LogP) is 11.8. The lowest BCUT2D eigenvalue weighted by Gasteiger charge is -2.22. The standard InChI is InChI=1S/C43H44N4O/c1-30-28-32(29-41(42(30)48)43(2,3)4)11-10-31-12-14-34(15-13-31)45-36-20-22-38(23-21-36)47-40-26-24-39(25-27-40)46-37-18-16-35(17-19-37)44-33-8-6-5-7-9-33/h5-9,12-29,44-48H,10-11H2,1-4H3. The minimum atomic E-state index is -0.0913. The van der Waals surface area contributed by atoms with Crippen molar-refractivity contribution in [2.75, 3.05) is 21.3 Å². The molecule has 0 amide bonds. The molecule has 0 bridgehead atoms. The van der Waals surface area contributed by atoms with E-state index in [9.17, 15) is 5.11 Å². The highest BCUT2D eigenvalue weighted by Crippen LogP contribution is 2.34. The highest BCUT2D eigenvalue weighted by atomic mass is 16.3. The Balaban J connectivity index is 0.979. The Bertz CT molecular complexity index is 1930. The van der Waals surface area contributed by atoms with Crippen molar-refractivity contribution in [3.05, 3.63) is 162 Å². The van der Waals surface area contributed by atoms with Gasteiger partial charge in [-0.3, -0.25) is 0 Å². The fraction of sp³-hybridized carbons (Fsp3) is 0.163. The Hall–Kier alpha value is -5.68. The van der Waals surface area contributed by atoms with Crippen LogP contribution >= 0.6 is 0 Å². The summed E-state index contributed by atoms with van der Waals surface area (Å²) >= 11 is 0. The van der Waals surface area contributed by atoms with Crippen LogP contribution in [0.4, 0.5) is 45.5 Å². The number of phenolic OH excluding ortho intramolecular Hbond substituents is 1. The second kappa shape index (κ2) is 14.4. The molecule has 0 fully saturated rings. The monoisotopic (exact) mass is 632 g/mol. The fourth-order valence-corrected chi connectivity index (χ4v) is 5.71. The van der Waals surface area contributed by atoms with E-state index in [2.05, 4.69) is 163 Å². The van der Waals surface area contributed by atoms with E-state index in [1.165, 1.54) is 11.1 Å². The molecular formula is C43H44N4O. The van der Waals surface area contributed by atoms with Crippen LogP contribution in [0.2, 0.25) is 0 Å². The van der Waals surface area contributed by atoms with Gasteiger partial charge in [0.2, 0.25) is 0 Å². The molecule has 48 heavy (non-hydrogen) atoms. The lowest BCUT2D eigenvalue weighted by atomic mass is 9.83. The van der Waals surface area contributed by atoms with Gasteiger partial charge in [-0.2, -0.15) is 0 Å². The van der Waals surface area contributed by atoms with Crippen LogP contribution in [0, 0.1) is 6.92 Å². The molecule has 0 spiro atoms. The van der Waals surface area contributed by atoms with Gasteiger partial charge in [0.15, 0.2) is 0 Å². The van der Waals surface area contributed by atoms with E-state index in [4.69, 9.17) is 0 Å². The van der Waals surface area contributed by atoms with Crippen molar-refractivity contribution >= 4 is 45.5 Å². The highest BCUT2D eigenvalue weighted by Gasteiger charge is 2.20. The zero-order valence-corrected chi connectivity index (χ0v) is 28.1. The second-order valence-electron chi connectivity index (χ2n) is 13.4. The zero-order valence-electron chi connectivity index (χ0n) is 28.1. The van der Waals surface area contributed by atoms with Crippen LogP contribution in [0.5, 0.6) is 5.75 Å². The van der Waals surface area contributed by atoms with Gasteiger partial charge in [0.05, 0.1) is 0 Å². The smallest absolute Gasteiger partial charge is 0.122 e. The first-order valence-electron chi connectivity index (χ1n) is 16.5. The third-order valence-corrected chi connectivity index (χ3v) is 8.41. The molecular weight excluding hydrogens is 589 g/mol. The van der Waals surface area contributed by atoms with E-state index in [1.54, 1.807) is 0 Å². The van der Waals surface area contributed by atoms with Crippen LogP contribution in [-0.2, 0) is 18.3 Å². The molecule has 6 aromatic rings. The van der Waals surface area contributed by atoms with Crippen LogP contribution < -0.4 is 21.3 Å². The van der Waals surface area contributed by atoms with Gasteiger partial charge in [0.25, 0.3) is 0 Å². The van der Waals surface area contributed by atoms with E-state index < -0.39 is 0 Å². The number of phenols is 1. The predicted molar refractivity (Wildman–Crippen MR) is 204 cm³/mol. The van der Waals surface area contributed by atoms with E-state index in [1.807, 2.05) is 25.1 Å². The molecule has 242 valence electrons. The number of anilines is 8. The second-order valence-corrected chi connectivity index (χ2v) is 13.4. The van der Waals surface area contributed by atoms with E-state index in [0.29, 0.717) is 5.75 Å². The third kappa shape index (κ3) is 8.56. The number of para-hydroxylation sites is 1. The van der Waals surface area contributed by atoms with Gasteiger partial charge in [-0.15, -0.1) is 0 Å². The fourth-order valence-electron chi connectivity index (χ4n) is 5.71. The van der Waals surface area contributed by atoms with Crippen LogP contribution in [0.1, 0.15) is 43.0 Å². The van der Waals surface area contributed by atoms with Gasteiger partial charge < -0.3 is 26.4 Å². The molecule has 0 radical (unpaired) electrons. The minimum absolute atomic E-state index is 0.0913. The van der Waals surface area contributed by atoms with Gasteiger partial charge in [0, 0.05) is 45.5 Å². The number of hydrogen-bond donors (Lipinski definition) is 5. The van der Waals surface area contributed by atoms with Crippen LogP contribution in [0.15, 0.2) is 140 Å². The molecule has 0 aliphatic rings. The molecule has 0 heterocycles. The number of benzene rings is 6. The Morgan fingerprint density at radius 2 is 0.771 bits per heavy atom. The molecule has 6 aromatic carbocycles. The highest BCUT2D eigenvalue weighted by molar-refractivity contribution is 5.70. The maximum absolute atomic E-state index is 10.5. The zero-order chi connectivity index (χ0) is 33.5. The van der Waals surface area contributed by atoms with Gasteiger partial charge in [-0.05, 0) is 144 Å². The maximum Gasteiger partial charge on any atom is 0.122 e. The first-order valence-corrected chi connectivity index (χ1v) is 16.5. The van der Waals surface area contributed by atoms with Crippen molar-refractivity contribution in [2.45, 2.75) is 46.0 Å². The van der Waals surface area contributed by atoms with Crippen LogP contribution in [0.25, 0.3) is 0 Å². The number of aryl methyl sites for hydroxylation is 3. The molecule has 0 saturated heterocycles. The Kier molecular flexibility index (Phi) is 9.67. The minimum Gasteiger partial charge on any atom is -0.507 e. The summed E-state index contributed by atoms with van der Waals surface area (Å²) in [5.41, 5.74) is 12.7. The average molecular weight is 633 g/mol. The maximum atomic E-state index is 10.5. The quantitative estimate of drug-likeness (QED) is 0.0983. The van der Waals surface area contributed by atoms with Crippen molar-refractivity contribution in [3.8, 4) is 5.75 Å². The molecule has 6 rings (SSSR count).